The standard InChI is InChI=1S/C18H22BrClN2O4/c1-10-12-8-11(20)9-13(19)15(12)22(14(10)16(23)25-5)7-6-21-17(24)26-18(2,3)4/h8-9H,6-7H2,1-5H3,(H,21,24). The maximum Gasteiger partial charge on any atom is 0.407 e. The highest BCUT2D eigenvalue weighted by Crippen LogP contribution is 2.34. The number of carbonyl (C=O) groups is 2. The number of hydrogen-bond donors (Lipinski definition) is 1. The molecule has 0 saturated heterocycles. The predicted molar refractivity (Wildman–Crippen MR) is 105 cm³/mol. The topological polar surface area (TPSA) is 69.6 Å². The van der Waals surface area contributed by atoms with Gasteiger partial charge in [0.25, 0.3) is 0 Å². The Hall–Kier alpha value is -1.73. The molecule has 0 bridgehead atoms. The highest BCUT2D eigenvalue weighted by molar-refractivity contribution is 9.10. The van der Waals surface area contributed by atoms with Crippen LogP contribution in [0.25, 0.3) is 10.9 Å². The van der Waals surface area contributed by atoms with E-state index in [1.54, 1.807) is 32.9 Å². The number of nitrogens with zero attached hydrogens (tertiary/aromatic N) is 1. The van der Waals surface area contributed by atoms with Crippen molar-refractivity contribution in [3.8, 4) is 0 Å². The van der Waals surface area contributed by atoms with Crippen LogP contribution in [0.2, 0.25) is 5.02 Å². The van der Waals surface area contributed by atoms with Gasteiger partial charge in [-0.25, -0.2) is 9.59 Å². The molecule has 0 aliphatic carbocycles. The van der Waals surface area contributed by atoms with Crippen molar-refractivity contribution in [2.75, 3.05) is 13.7 Å². The average Bonchev–Trinajstić information content (AvgIpc) is 2.77. The second-order valence-corrected chi connectivity index (χ2v) is 8.12. The van der Waals surface area contributed by atoms with Crippen LogP contribution in [0.3, 0.4) is 0 Å². The molecule has 1 heterocycles. The van der Waals surface area contributed by atoms with E-state index < -0.39 is 17.7 Å². The Morgan fingerprint density at radius 1 is 1.31 bits per heavy atom. The summed E-state index contributed by atoms with van der Waals surface area (Å²) in [4.78, 5) is 24.1. The number of aryl methyl sites for hydroxylation is 1. The van der Waals surface area contributed by atoms with E-state index in [9.17, 15) is 9.59 Å². The summed E-state index contributed by atoms with van der Waals surface area (Å²) in [5.41, 5.74) is 1.44. The van der Waals surface area contributed by atoms with E-state index >= 15 is 0 Å². The summed E-state index contributed by atoms with van der Waals surface area (Å²) in [5.74, 6) is -0.445. The number of hydrogen-bond acceptors (Lipinski definition) is 4. The zero-order valence-corrected chi connectivity index (χ0v) is 17.7. The van der Waals surface area contributed by atoms with Gasteiger partial charge in [-0.05, 0) is 61.3 Å². The van der Waals surface area contributed by atoms with Crippen molar-refractivity contribution in [3.63, 3.8) is 0 Å². The van der Waals surface area contributed by atoms with Crippen molar-refractivity contribution in [2.45, 2.75) is 39.8 Å². The number of methoxy groups -OCH3 is 1. The van der Waals surface area contributed by atoms with Gasteiger partial charge in [-0.3, -0.25) is 0 Å². The maximum atomic E-state index is 12.3. The molecule has 0 atom stereocenters. The molecule has 1 amide bonds. The van der Waals surface area contributed by atoms with Gasteiger partial charge >= 0.3 is 12.1 Å². The number of fused-ring (bicyclic) bond motifs is 1. The van der Waals surface area contributed by atoms with Crippen LogP contribution >= 0.6 is 27.5 Å². The molecule has 0 aliphatic heterocycles. The first-order valence-corrected chi connectivity index (χ1v) is 9.25. The second-order valence-electron chi connectivity index (χ2n) is 6.83. The Morgan fingerprint density at radius 3 is 2.54 bits per heavy atom. The number of rotatable bonds is 4. The van der Waals surface area contributed by atoms with E-state index in [0.29, 0.717) is 17.3 Å². The summed E-state index contributed by atoms with van der Waals surface area (Å²) in [7, 11) is 1.34. The van der Waals surface area contributed by atoms with Crippen molar-refractivity contribution in [3.05, 3.63) is 32.9 Å². The Kier molecular flexibility index (Phi) is 6.24. The minimum Gasteiger partial charge on any atom is -0.464 e. The molecule has 0 unspecified atom stereocenters. The van der Waals surface area contributed by atoms with E-state index in [4.69, 9.17) is 21.1 Å². The zero-order chi connectivity index (χ0) is 19.6. The fourth-order valence-electron chi connectivity index (χ4n) is 2.74. The Morgan fingerprint density at radius 2 is 1.96 bits per heavy atom. The number of aromatic nitrogens is 1. The van der Waals surface area contributed by atoms with Crippen LogP contribution in [0.5, 0.6) is 0 Å². The molecular formula is C18H22BrClN2O4. The SMILES string of the molecule is COC(=O)c1c(C)c2cc(Cl)cc(Br)c2n1CCNC(=O)OC(C)(C)C. The van der Waals surface area contributed by atoms with Crippen molar-refractivity contribution in [1.29, 1.82) is 0 Å². The highest BCUT2D eigenvalue weighted by Gasteiger charge is 2.23. The molecule has 2 aromatic rings. The number of esters is 1. The van der Waals surface area contributed by atoms with Crippen LogP contribution in [-0.2, 0) is 16.0 Å². The Bertz CT molecular complexity index is 855. The lowest BCUT2D eigenvalue weighted by molar-refractivity contribution is 0.0526. The summed E-state index contributed by atoms with van der Waals surface area (Å²) in [5, 5.41) is 4.11. The Labute approximate surface area is 165 Å². The number of amides is 1. The molecule has 6 nitrogen and oxygen atoms in total. The molecule has 1 aromatic heterocycles. The first kappa shape index (κ1) is 20.6. The summed E-state index contributed by atoms with van der Waals surface area (Å²) >= 11 is 9.66. The van der Waals surface area contributed by atoms with Crippen molar-refractivity contribution < 1.29 is 19.1 Å². The van der Waals surface area contributed by atoms with Gasteiger partial charge in [0.15, 0.2) is 0 Å². The first-order valence-electron chi connectivity index (χ1n) is 8.08. The number of nitrogens with one attached hydrogen (secondary N) is 1. The zero-order valence-electron chi connectivity index (χ0n) is 15.4. The molecule has 1 N–H and O–H groups in total. The van der Waals surface area contributed by atoms with E-state index in [1.165, 1.54) is 7.11 Å². The molecule has 0 spiro atoms. The maximum absolute atomic E-state index is 12.3. The predicted octanol–water partition coefficient (Wildman–Crippen LogP) is 4.68. The molecule has 0 radical (unpaired) electrons. The summed E-state index contributed by atoms with van der Waals surface area (Å²) in [6, 6.07) is 3.57. The number of ether oxygens (including phenoxy) is 2. The smallest absolute Gasteiger partial charge is 0.407 e. The normalized spacial score (nSPS) is 11.5. The number of carbonyl (C=O) groups excluding carboxylic acids is 2. The lowest BCUT2D eigenvalue weighted by Crippen LogP contribution is -2.34. The first-order chi connectivity index (χ1) is 12.0. The minimum absolute atomic E-state index is 0.289. The van der Waals surface area contributed by atoms with E-state index in [1.807, 2.05) is 11.5 Å². The molecule has 8 heteroatoms. The molecule has 0 saturated carbocycles. The van der Waals surface area contributed by atoms with Gasteiger partial charge in [-0.1, -0.05) is 11.6 Å². The molecule has 26 heavy (non-hydrogen) atoms. The third-order valence-electron chi connectivity index (χ3n) is 3.71. The van der Waals surface area contributed by atoms with Crippen molar-refractivity contribution >= 4 is 50.5 Å². The van der Waals surface area contributed by atoms with Crippen LogP contribution in [0, 0.1) is 6.92 Å². The highest BCUT2D eigenvalue weighted by atomic mass is 79.9. The van der Waals surface area contributed by atoms with Crippen molar-refractivity contribution in [2.24, 2.45) is 0 Å². The van der Waals surface area contributed by atoms with Gasteiger partial charge in [0.05, 0.1) is 12.6 Å². The summed E-state index contributed by atoms with van der Waals surface area (Å²) in [6.45, 7) is 7.89. The van der Waals surface area contributed by atoms with Crippen LogP contribution < -0.4 is 5.32 Å². The molecule has 0 aliphatic rings. The number of alkyl carbamates (subject to hydrolysis) is 1. The number of halogens is 2. The second kappa shape index (κ2) is 7.88. The van der Waals surface area contributed by atoms with Crippen LogP contribution in [0.4, 0.5) is 4.79 Å². The minimum atomic E-state index is -0.572. The summed E-state index contributed by atoms with van der Waals surface area (Å²) in [6.07, 6.45) is -0.507. The van der Waals surface area contributed by atoms with E-state index in [2.05, 4.69) is 21.2 Å². The van der Waals surface area contributed by atoms with Gasteiger partial charge in [0, 0.05) is 28.0 Å². The molecule has 2 rings (SSSR count). The monoisotopic (exact) mass is 444 g/mol. The van der Waals surface area contributed by atoms with Gasteiger partial charge in [-0.15, -0.1) is 0 Å². The largest absolute Gasteiger partial charge is 0.464 e. The molecule has 142 valence electrons. The van der Waals surface area contributed by atoms with E-state index in [0.717, 1.165) is 20.9 Å². The quantitative estimate of drug-likeness (QED) is 0.694. The average molecular weight is 446 g/mol. The van der Waals surface area contributed by atoms with Crippen molar-refractivity contribution in [1.82, 2.24) is 9.88 Å². The molecule has 1 aromatic carbocycles. The fraction of sp³-hybridized carbons (Fsp3) is 0.444. The van der Waals surface area contributed by atoms with E-state index in [-0.39, 0.29) is 6.54 Å². The Balaban J connectivity index is 2.36. The fourth-order valence-corrected chi connectivity index (χ4v) is 3.76. The third-order valence-corrected chi connectivity index (χ3v) is 4.53. The van der Waals surface area contributed by atoms with Crippen LogP contribution in [0.1, 0.15) is 36.8 Å². The van der Waals surface area contributed by atoms with Crippen LogP contribution in [0.15, 0.2) is 16.6 Å². The molecule has 0 fully saturated rings. The lowest BCUT2D eigenvalue weighted by atomic mass is 10.1. The molecular weight excluding hydrogens is 424 g/mol. The third kappa shape index (κ3) is 4.51. The van der Waals surface area contributed by atoms with Gasteiger partial charge in [-0.2, -0.15) is 0 Å². The summed E-state index contributed by atoms with van der Waals surface area (Å²) < 4.78 is 12.7. The number of benzene rings is 1. The lowest BCUT2D eigenvalue weighted by Gasteiger charge is -2.20. The van der Waals surface area contributed by atoms with Gasteiger partial charge in [0.2, 0.25) is 0 Å². The van der Waals surface area contributed by atoms with Gasteiger partial charge < -0.3 is 19.4 Å². The van der Waals surface area contributed by atoms with Crippen LogP contribution in [-0.4, -0.2) is 35.9 Å². The van der Waals surface area contributed by atoms with Gasteiger partial charge in [0.1, 0.15) is 11.3 Å².